The maximum absolute atomic E-state index is 11.5. The lowest BCUT2D eigenvalue weighted by atomic mass is 10.0. The third kappa shape index (κ3) is 1.91. The van der Waals surface area contributed by atoms with E-state index in [1.54, 1.807) is 4.90 Å². The number of amides is 1. The maximum Gasteiger partial charge on any atom is 0.236 e. The van der Waals surface area contributed by atoms with Crippen molar-refractivity contribution in [3.63, 3.8) is 0 Å². The molecule has 0 radical (unpaired) electrons. The fourth-order valence-electron chi connectivity index (χ4n) is 2.41. The van der Waals surface area contributed by atoms with Gasteiger partial charge in [-0.3, -0.25) is 9.69 Å². The lowest BCUT2D eigenvalue weighted by Crippen LogP contribution is -2.36. The van der Waals surface area contributed by atoms with E-state index in [-0.39, 0.29) is 5.91 Å². The number of likely N-dealkylation sites (N-methyl/N-ethyl adjacent to an activating group) is 1. The van der Waals surface area contributed by atoms with Crippen molar-refractivity contribution in [1.82, 2.24) is 15.1 Å². The van der Waals surface area contributed by atoms with Gasteiger partial charge in [-0.1, -0.05) is 0 Å². The summed E-state index contributed by atoms with van der Waals surface area (Å²) >= 11 is 0. The van der Waals surface area contributed by atoms with E-state index >= 15 is 0 Å². The molecule has 2 rings (SSSR count). The molecule has 1 amide bonds. The number of hydrogen-bond acceptors (Lipinski definition) is 3. The molecule has 80 valence electrons. The van der Waals surface area contributed by atoms with Crippen molar-refractivity contribution < 1.29 is 4.79 Å². The Morgan fingerprint density at radius 1 is 1.36 bits per heavy atom. The van der Waals surface area contributed by atoms with Crippen molar-refractivity contribution in [3.05, 3.63) is 0 Å². The smallest absolute Gasteiger partial charge is 0.236 e. The molecule has 2 saturated heterocycles. The number of rotatable bonds is 2. The molecule has 14 heavy (non-hydrogen) atoms. The van der Waals surface area contributed by atoms with Crippen LogP contribution in [0, 0.1) is 11.8 Å². The molecular formula is C10H19N3O. The molecule has 2 aliphatic rings. The summed E-state index contributed by atoms with van der Waals surface area (Å²) in [5.41, 5.74) is 0. The number of nitrogens with one attached hydrogen (secondary N) is 1. The zero-order chi connectivity index (χ0) is 10.1. The molecule has 0 unspecified atom stereocenters. The van der Waals surface area contributed by atoms with Crippen LogP contribution in [0.15, 0.2) is 0 Å². The Morgan fingerprint density at radius 2 is 1.93 bits per heavy atom. The summed E-state index contributed by atoms with van der Waals surface area (Å²) in [7, 11) is 3.64. The molecule has 4 nitrogen and oxygen atoms in total. The Morgan fingerprint density at radius 3 is 2.43 bits per heavy atom. The second kappa shape index (κ2) is 3.87. The highest BCUT2D eigenvalue weighted by atomic mass is 16.2. The van der Waals surface area contributed by atoms with Gasteiger partial charge in [-0.2, -0.15) is 0 Å². The van der Waals surface area contributed by atoms with Gasteiger partial charge in [-0.15, -0.1) is 0 Å². The molecule has 2 aliphatic heterocycles. The van der Waals surface area contributed by atoms with E-state index in [9.17, 15) is 4.79 Å². The highest BCUT2D eigenvalue weighted by molar-refractivity contribution is 5.77. The van der Waals surface area contributed by atoms with Gasteiger partial charge in [-0.05, 0) is 24.9 Å². The largest absolute Gasteiger partial charge is 0.348 e. The van der Waals surface area contributed by atoms with Crippen LogP contribution in [0.5, 0.6) is 0 Å². The number of hydrogen-bond donors (Lipinski definition) is 1. The summed E-state index contributed by atoms with van der Waals surface area (Å²) in [6.07, 6.45) is 0. The summed E-state index contributed by atoms with van der Waals surface area (Å²) in [6, 6.07) is 0. The second-order valence-electron chi connectivity index (χ2n) is 4.66. The highest BCUT2D eigenvalue weighted by Gasteiger charge is 2.36. The summed E-state index contributed by atoms with van der Waals surface area (Å²) in [5, 5.41) is 3.40. The minimum atomic E-state index is 0.220. The zero-order valence-electron chi connectivity index (χ0n) is 8.99. The van der Waals surface area contributed by atoms with Crippen LogP contribution in [0.2, 0.25) is 0 Å². The molecule has 0 aromatic rings. The van der Waals surface area contributed by atoms with Gasteiger partial charge in [-0.25, -0.2) is 0 Å². The SMILES string of the molecule is CN(C)C(=O)CN1C[C@H]2CNC[C@H]2C1. The Kier molecular flexibility index (Phi) is 2.74. The summed E-state index contributed by atoms with van der Waals surface area (Å²) in [5.74, 6) is 1.79. The zero-order valence-corrected chi connectivity index (χ0v) is 8.99. The third-order valence-electron chi connectivity index (χ3n) is 3.32. The van der Waals surface area contributed by atoms with Crippen molar-refractivity contribution in [3.8, 4) is 0 Å². The second-order valence-corrected chi connectivity index (χ2v) is 4.66. The molecule has 0 spiro atoms. The molecule has 2 heterocycles. The van der Waals surface area contributed by atoms with Crippen molar-refractivity contribution >= 4 is 5.91 Å². The van der Waals surface area contributed by atoms with E-state index in [0.29, 0.717) is 6.54 Å². The quantitative estimate of drug-likeness (QED) is 0.631. The van der Waals surface area contributed by atoms with Crippen LogP contribution in [-0.2, 0) is 4.79 Å². The normalized spacial score (nSPS) is 31.9. The van der Waals surface area contributed by atoms with Crippen LogP contribution in [0.1, 0.15) is 0 Å². The van der Waals surface area contributed by atoms with Crippen LogP contribution in [0.25, 0.3) is 0 Å². The first kappa shape index (κ1) is 9.93. The average molecular weight is 197 g/mol. The molecule has 0 saturated carbocycles. The number of carbonyl (C=O) groups is 1. The molecule has 2 fully saturated rings. The maximum atomic E-state index is 11.5. The Bertz CT molecular complexity index is 217. The van der Waals surface area contributed by atoms with Crippen molar-refractivity contribution in [1.29, 1.82) is 0 Å². The molecule has 4 heteroatoms. The van der Waals surface area contributed by atoms with Gasteiger partial charge in [0.2, 0.25) is 5.91 Å². The first-order valence-electron chi connectivity index (χ1n) is 5.30. The Labute approximate surface area is 85.2 Å². The van der Waals surface area contributed by atoms with Gasteiger partial charge >= 0.3 is 0 Å². The van der Waals surface area contributed by atoms with E-state index < -0.39 is 0 Å². The fourth-order valence-corrected chi connectivity index (χ4v) is 2.41. The van der Waals surface area contributed by atoms with Crippen molar-refractivity contribution in [2.45, 2.75) is 0 Å². The lowest BCUT2D eigenvalue weighted by Gasteiger charge is -2.18. The van der Waals surface area contributed by atoms with Gasteiger partial charge in [0.1, 0.15) is 0 Å². The monoisotopic (exact) mass is 197 g/mol. The summed E-state index contributed by atoms with van der Waals surface area (Å²) in [6.45, 7) is 5.06. The highest BCUT2D eigenvalue weighted by Crippen LogP contribution is 2.25. The standard InChI is InChI=1S/C10H19N3O/c1-12(2)10(14)7-13-5-8-3-11-4-9(8)6-13/h8-9,11H,3-7H2,1-2H3/t8-,9+. The number of likely N-dealkylation sites (tertiary alicyclic amines) is 1. The van der Waals surface area contributed by atoms with Gasteiger partial charge in [0.15, 0.2) is 0 Å². The number of carbonyl (C=O) groups excluding carboxylic acids is 1. The predicted octanol–water partition coefficient (Wildman–Crippen LogP) is -0.774. The number of fused-ring (bicyclic) bond motifs is 1. The van der Waals surface area contributed by atoms with Gasteiger partial charge in [0.25, 0.3) is 0 Å². The van der Waals surface area contributed by atoms with Gasteiger partial charge in [0, 0.05) is 27.2 Å². The molecular weight excluding hydrogens is 178 g/mol. The topological polar surface area (TPSA) is 35.6 Å². The molecule has 1 N–H and O–H groups in total. The summed E-state index contributed by atoms with van der Waals surface area (Å²) in [4.78, 5) is 15.5. The molecule has 0 bridgehead atoms. The molecule has 0 aliphatic carbocycles. The van der Waals surface area contributed by atoms with Gasteiger partial charge < -0.3 is 10.2 Å². The van der Waals surface area contributed by atoms with Crippen LogP contribution in [-0.4, -0.2) is 62.5 Å². The van der Waals surface area contributed by atoms with Crippen molar-refractivity contribution in [2.75, 3.05) is 46.8 Å². The van der Waals surface area contributed by atoms with Crippen LogP contribution >= 0.6 is 0 Å². The fraction of sp³-hybridized carbons (Fsp3) is 0.900. The van der Waals surface area contributed by atoms with E-state index in [0.717, 1.165) is 38.0 Å². The molecule has 0 aromatic carbocycles. The summed E-state index contributed by atoms with van der Waals surface area (Å²) < 4.78 is 0. The first-order valence-corrected chi connectivity index (χ1v) is 5.30. The molecule has 2 atom stereocenters. The van der Waals surface area contributed by atoms with Crippen LogP contribution < -0.4 is 5.32 Å². The van der Waals surface area contributed by atoms with Gasteiger partial charge in [0.05, 0.1) is 6.54 Å². The van der Waals surface area contributed by atoms with E-state index in [4.69, 9.17) is 0 Å². The molecule has 0 aromatic heterocycles. The lowest BCUT2D eigenvalue weighted by molar-refractivity contribution is -0.129. The van der Waals surface area contributed by atoms with E-state index in [1.165, 1.54) is 0 Å². The van der Waals surface area contributed by atoms with E-state index in [1.807, 2.05) is 14.1 Å². The minimum absolute atomic E-state index is 0.220. The Hall–Kier alpha value is -0.610. The first-order chi connectivity index (χ1) is 6.66. The third-order valence-corrected chi connectivity index (χ3v) is 3.32. The number of nitrogens with zero attached hydrogens (tertiary/aromatic N) is 2. The minimum Gasteiger partial charge on any atom is -0.348 e. The van der Waals surface area contributed by atoms with E-state index in [2.05, 4.69) is 10.2 Å². The van der Waals surface area contributed by atoms with Crippen LogP contribution in [0.4, 0.5) is 0 Å². The van der Waals surface area contributed by atoms with Crippen molar-refractivity contribution in [2.24, 2.45) is 11.8 Å². The van der Waals surface area contributed by atoms with Crippen LogP contribution in [0.3, 0.4) is 0 Å². The predicted molar refractivity (Wildman–Crippen MR) is 55.0 cm³/mol. The Balaban J connectivity index is 1.82. The average Bonchev–Trinajstić information content (AvgIpc) is 2.63.